The van der Waals surface area contributed by atoms with Crippen LogP contribution in [0.5, 0.6) is 5.75 Å². The third kappa shape index (κ3) is 2.94. The molecule has 0 bridgehead atoms. The number of benzene rings is 1. The summed E-state index contributed by atoms with van der Waals surface area (Å²) in [6, 6.07) is 7.78. The first-order valence-electron chi connectivity index (χ1n) is 6.01. The van der Waals surface area contributed by atoms with Crippen LogP contribution >= 0.6 is 0 Å². The van der Waals surface area contributed by atoms with Crippen molar-refractivity contribution >= 4 is 17.2 Å². The number of aromatic amines is 1. The Morgan fingerprint density at radius 2 is 2.33 bits per heavy atom. The molecule has 0 saturated carbocycles. The highest BCUT2D eigenvalue weighted by Crippen LogP contribution is 2.24. The molecule has 0 amide bonds. The van der Waals surface area contributed by atoms with Gasteiger partial charge in [-0.25, -0.2) is 0 Å². The van der Waals surface area contributed by atoms with E-state index >= 15 is 0 Å². The molecule has 2 aromatic rings. The summed E-state index contributed by atoms with van der Waals surface area (Å²) in [5.74, 6) is 1.36. The molecule has 1 aromatic carbocycles. The van der Waals surface area contributed by atoms with Gasteiger partial charge in [-0.1, -0.05) is 13.0 Å². The summed E-state index contributed by atoms with van der Waals surface area (Å²) in [6.45, 7) is 4.15. The molecular weight excluding hydrogens is 228 g/mol. The predicted molar refractivity (Wildman–Crippen MR) is 73.1 cm³/mol. The lowest BCUT2D eigenvalue weighted by atomic mass is 10.2. The van der Waals surface area contributed by atoms with Gasteiger partial charge in [0.1, 0.15) is 17.3 Å². The maximum absolute atomic E-state index is 5.76. The number of rotatable bonds is 5. The van der Waals surface area contributed by atoms with E-state index in [0.717, 1.165) is 23.5 Å². The number of H-pyrrole nitrogens is 1. The summed E-state index contributed by atoms with van der Waals surface area (Å²) < 4.78 is 5.76. The Balaban J connectivity index is 2.10. The van der Waals surface area contributed by atoms with E-state index in [1.54, 1.807) is 6.20 Å². The zero-order chi connectivity index (χ0) is 13.0. The number of anilines is 3. The fourth-order valence-corrected chi connectivity index (χ4v) is 1.51. The molecule has 0 spiro atoms. The Morgan fingerprint density at radius 1 is 1.50 bits per heavy atom. The summed E-state index contributed by atoms with van der Waals surface area (Å²) in [7, 11) is 0. The Morgan fingerprint density at radius 3 is 3.00 bits per heavy atom. The average Bonchev–Trinajstić information content (AvgIpc) is 2.75. The van der Waals surface area contributed by atoms with Crippen LogP contribution in [0, 0.1) is 0 Å². The fourth-order valence-electron chi connectivity index (χ4n) is 1.51. The fraction of sp³-hybridized carbons (Fsp3) is 0.308. The maximum atomic E-state index is 5.76. The molecule has 96 valence electrons. The van der Waals surface area contributed by atoms with Gasteiger partial charge >= 0.3 is 0 Å². The van der Waals surface area contributed by atoms with Gasteiger partial charge in [-0.05, 0) is 25.5 Å². The molecule has 0 aliphatic rings. The van der Waals surface area contributed by atoms with Crippen molar-refractivity contribution in [3.8, 4) is 5.75 Å². The molecule has 1 heterocycles. The van der Waals surface area contributed by atoms with Crippen LogP contribution in [-0.2, 0) is 0 Å². The number of nitrogen functional groups attached to an aromatic ring is 1. The van der Waals surface area contributed by atoms with Crippen LogP contribution in [-0.4, -0.2) is 16.3 Å². The van der Waals surface area contributed by atoms with E-state index in [4.69, 9.17) is 10.5 Å². The predicted octanol–water partition coefficient (Wildman–Crippen LogP) is 2.91. The summed E-state index contributed by atoms with van der Waals surface area (Å²) >= 11 is 0. The molecule has 0 aliphatic carbocycles. The molecule has 5 nitrogen and oxygen atoms in total. The lowest BCUT2D eigenvalue weighted by Gasteiger charge is -2.13. The van der Waals surface area contributed by atoms with E-state index in [0.29, 0.717) is 5.82 Å². The van der Waals surface area contributed by atoms with Crippen LogP contribution in [0.25, 0.3) is 0 Å². The molecular formula is C13H18N4O. The number of ether oxygens (including phenoxy) is 1. The van der Waals surface area contributed by atoms with E-state index in [-0.39, 0.29) is 6.10 Å². The van der Waals surface area contributed by atoms with E-state index in [9.17, 15) is 0 Å². The first-order valence-corrected chi connectivity index (χ1v) is 6.01. The van der Waals surface area contributed by atoms with Crippen LogP contribution in [0.4, 0.5) is 17.2 Å². The topological polar surface area (TPSA) is 76.0 Å². The van der Waals surface area contributed by atoms with Crippen molar-refractivity contribution in [2.75, 3.05) is 11.1 Å². The van der Waals surface area contributed by atoms with Crippen molar-refractivity contribution in [2.24, 2.45) is 0 Å². The second kappa shape index (κ2) is 5.44. The van der Waals surface area contributed by atoms with Crippen molar-refractivity contribution in [2.45, 2.75) is 26.4 Å². The lowest BCUT2D eigenvalue weighted by molar-refractivity contribution is 0.217. The largest absolute Gasteiger partial charge is 0.491 e. The van der Waals surface area contributed by atoms with Gasteiger partial charge in [0.2, 0.25) is 0 Å². The zero-order valence-corrected chi connectivity index (χ0v) is 10.6. The minimum atomic E-state index is 0.208. The maximum Gasteiger partial charge on any atom is 0.143 e. The number of hydrogen-bond donors (Lipinski definition) is 3. The Kier molecular flexibility index (Phi) is 3.72. The summed E-state index contributed by atoms with van der Waals surface area (Å²) in [6.07, 6.45) is 2.84. The minimum absolute atomic E-state index is 0.208. The molecule has 0 aliphatic heterocycles. The van der Waals surface area contributed by atoms with E-state index < -0.39 is 0 Å². The lowest BCUT2D eigenvalue weighted by Crippen LogP contribution is -2.09. The zero-order valence-electron chi connectivity index (χ0n) is 10.6. The third-order valence-electron chi connectivity index (χ3n) is 2.69. The molecule has 1 atom stereocenters. The Labute approximate surface area is 106 Å². The normalized spacial score (nSPS) is 12.1. The summed E-state index contributed by atoms with van der Waals surface area (Å²) in [4.78, 5) is 0. The molecule has 0 radical (unpaired) electrons. The Hall–Kier alpha value is -2.17. The molecule has 0 saturated heterocycles. The highest BCUT2D eigenvalue weighted by molar-refractivity contribution is 5.69. The molecule has 1 aromatic heterocycles. The standard InChI is InChI=1S/C13H18N4O/c1-3-9(2)18-11-6-4-5-10(7-11)16-12-8-15-17-13(12)14/h4-9,16H,3H2,1-2H3,(H3,14,15,17). The first kappa shape index (κ1) is 12.3. The van der Waals surface area contributed by atoms with Gasteiger partial charge in [0.05, 0.1) is 12.3 Å². The van der Waals surface area contributed by atoms with Gasteiger partial charge in [0.25, 0.3) is 0 Å². The van der Waals surface area contributed by atoms with Gasteiger partial charge in [-0.3, -0.25) is 5.10 Å². The number of nitrogens with zero attached hydrogens (tertiary/aromatic N) is 1. The van der Waals surface area contributed by atoms with Gasteiger partial charge in [-0.2, -0.15) is 5.10 Å². The number of nitrogens with two attached hydrogens (primary N) is 1. The highest BCUT2D eigenvalue weighted by atomic mass is 16.5. The highest BCUT2D eigenvalue weighted by Gasteiger charge is 2.04. The van der Waals surface area contributed by atoms with Crippen molar-refractivity contribution in [1.82, 2.24) is 10.2 Å². The van der Waals surface area contributed by atoms with E-state index in [1.807, 2.05) is 31.2 Å². The van der Waals surface area contributed by atoms with Crippen LogP contribution in [0.3, 0.4) is 0 Å². The minimum Gasteiger partial charge on any atom is -0.491 e. The van der Waals surface area contributed by atoms with Crippen LogP contribution in [0.1, 0.15) is 20.3 Å². The first-order chi connectivity index (χ1) is 8.69. The third-order valence-corrected chi connectivity index (χ3v) is 2.69. The van der Waals surface area contributed by atoms with E-state index in [1.165, 1.54) is 0 Å². The van der Waals surface area contributed by atoms with Gasteiger partial charge in [0.15, 0.2) is 0 Å². The number of nitrogens with one attached hydrogen (secondary N) is 2. The van der Waals surface area contributed by atoms with Crippen LogP contribution in [0.2, 0.25) is 0 Å². The molecule has 18 heavy (non-hydrogen) atoms. The average molecular weight is 246 g/mol. The second-order valence-corrected chi connectivity index (χ2v) is 4.19. The quantitative estimate of drug-likeness (QED) is 0.758. The van der Waals surface area contributed by atoms with Gasteiger partial charge in [0, 0.05) is 11.8 Å². The SMILES string of the molecule is CCC(C)Oc1cccc(Nc2cn[nH]c2N)c1. The molecule has 5 heteroatoms. The van der Waals surface area contributed by atoms with Gasteiger partial charge < -0.3 is 15.8 Å². The van der Waals surface area contributed by atoms with Crippen molar-refractivity contribution < 1.29 is 4.74 Å². The molecule has 0 fully saturated rings. The summed E-state index contributed by atoms with van der Waals surface area (Å²) in [5, 5.41) is 9.72. The number of aromatic nitrogens is 2. The molecule has 4 N–H and O–H groups in total. The summed E-state index contributed by atoms with van der Waals surface area (Å²) in [5.41, 5.74) is 7.40. The van der Waals surface area contributed by atoms with Crippen LogP contribution in [0.15, 0.2) is 30.5 Å². The smallest absolute Gasteiger partial charge is 0.143 e. The number of hydrogen-bond acceptors (Lipinski definition) is 4. The molecule has 2 rings (SSSR count). The van der Waals surface area contributed by atoms with Crippen molar-refractivity contribution in [3.05, 3.63) is 30.5 Å². The van der Waals surface area contributed by atoms with Gasteiger partial charge in [-0.15, -0.1) is 0 Å². The van der Waals surface area contributed by atoms with Crippen molar-refractivity contribution in [3.63, 3.8) is 0 Å². The monoisotopic (exact) mass is 246 g/mol. The molecule has 1 unspecified atom stereocenters. The van der Waals surface area contributed by atoms with Crippen molar-refractivity contribution in [1.29, 1.82) is 0 Å². The van der Waals surface area contributed by atoms with Crippen LogP contribution < -0.4 is 15.8 Å². The Bertz CT molecular complexity index is 509. The van der Waals surface area contributed by atoms with E-state index in [2.05, 4.69) is 22.4 Å². The second-order valence-electron chi connectivity index (χ2n) is 4.19.